The monoisotopic (exact) mass is 478 g/mol. The van der Waals surface area contributed by atoms with Gasteiger partial charge in [-0.1, -0.05) is 0 Å². The number of aromatic nitrogens is 1. The second-order valence-electron chi connectivity index (χ2n) is 6.86. The molecule has 0 fully saturated rings. The summed E-state index contributed by atoms with van der Waals surface area (Å²) in [6, 6.07) is 14.1. The third kappa shape index (κ3) is 6.18. The third-order valence-electron chi connectivity index (χ3n) is 4.13. The molecule has 1 heterocycles. The molecular weight excluding hydrogens is 455 g/mol. The predicted octanol–water partition coefficient (Wildman–Crippen LogP) is 4.48. The Bertz CT molecular complexity index is 970. The molecule has 0 unspecified atom stereocenters. The zero-order chi connectivity index (χ0) is 20.8. The number of ether oxygens (including phenoxy) is 1. The van der Waals surface area contributed by atoms with Gasteiger partial charge in [0.1, 0.15) is 0 Å². The molecule has 0 aliphatic heterocycles. The second-order valence-corrected chi connectivity index (χ2v) is 9.43. The molecule has 2 aromatic carbocycles. The number of nitrogens with one attached hydrogen (secondary N) is 1. The van der Waals surface area contributed by atoms with Gasteiger partial charge in [-0.2, -0.15) is 0 Å². The van der Waals surface area contributed by atoms with E-state index in [1.54, 1.807) is 0 Å². The Kier molecular flexibility index (Phi) is 7.51. The molecule has 3 rings (SSSR count). The molecule has 0 saturated heterocycles. The first kappa shape index (κ1) is 21.6. The van der Waals surface area contributed by atoms with Gasteiger partial charge >= 0.3 is 182 Å². The Morgan fingerprint density at radius 3 is 2.59 bits per heavy atom. The first-order valence-electron chi connectivity index (χ1n) is 9.36. The molecule has 0 saturated carbocycles. The van der Waals surface area contributed by atoms with Crippen molar-refractivity contribution in [3.8, 4) is 25.9 Å². The van der Waals surface area contributed by atoms with E-state index >= 15 is 0 Å². The molecule has 1 aromatic heterocycles. The van der Waals surface area contributed by atoms with Crippen molar-refractivity contribution >= 4 is 32.1 Å². The van der Waals surface area contributed by atoms with E-state index in [-0.39, 0.29) is 27.0 Å². The molecule has 0 radical (unpaired) electrons. The number of hydrogen-bond acceptors (Lipinski definition) is 4. The molecule has 0 spiro atoms. The van der Waals surface area contributed by atoms with E-state index < -0.39 is 5.97 Å². The van der Waals surface area contributed by atoms with Gasteiger partial charge in [0.05, 0.1) is 0 Å². The average molecular weight is 478 g/mol. The van der Waals surface area contributed by atoms with E-state index in [0.717, 1.165) is 21.3 Å². The van der Waals surface area contributed by atoms with E-state index in [0.29, 0.717) is 23.9 Å². The van der Waals surface area contributed by atoms with Crippen LogP contribution in [0.1, 0.15) is 25.8 Å². The van der Waals surface area contributed by atoms with Crippen LogP contribution in [0, 0.1) is 0 Å². The molecule has 29 heavy (non-hydrogen) atoms. The fraction of sp³-hybridized carbons (Fsp3) is 0.273. The molecule has 5 nitrogen and oxygen atoms in total. The summed E-state index contributed by atoms with van der Waals surface area (Å²) in [4.78, 5) is 15.1. The summed E-state index contributed by atoms with van der Waals surface area (Å²) in [7, 11) is 0. The van der Waals surface area contributed by atoms with Crippen LogP contribution in [-0.2, 0) is 11.3 Å². The summed E-state index contributed by atoms with van der Waals surface area (Å²) in [6.07, 6.45) is 2.14. The van der Waals surface area contributed by atoms with Gasteiger partial charge in [0.2, 0.25) is 0 Å². The van der Waals surface area contributed by atoms with Crippen LogP contribution in [0.4, 0.5) is 0 Å². The Morgan fingerprint density at radius 2 is 1.93 bits per heavy atom. The van der Waals surface area contributed by atoms with E-state index in [9.17, 15) is 4.79 Å². The molecule has 0 bridgehead atoms. The Hall–Kier alpha value is -2.11. The Morgan fingerprint density at radius 1 is 1.21 bits per heavy atom. The molecule has 0 aliphatic rings. The standard InChI is InChI=1S/C22H23ClN2O3Se/c1-14(2)28-19-8-7-17(11-18(19)23)22-25-13-20(29-22)16-5-3-15(4-6-16)12-24-10-9-21(26)27/h3-8,11,13-14,24H,9-10,12H2,1-2H3,(H,26,27). The minimum atomic E-state index is -0.789. The molecule has 0 atom stereocenters. The number of nitrogens with zero attached hydrogens (tertiary/aromatic N) is 1. The summed E-state index contributed by atoms with van der Waals surface area (Å²) in [5.74, 6) is -0.0975. The van der Waals surface area contributed by atoms with E-state index in [1.807, 2.05) is 38.2 Å². The van der Waals surface area contributed by atoms with Gasteiger partial charge in [-0.25, -0.2) is 0 Å². The van der Waals surface area contributed by atoms with Crippen molar-refractivity contribution in [1.82, 2.24) is 10.3 Å². The Labute approximate surface area is 181 Å². The normalized spacial score (nSPS) is 11.0. The number of carbonyl (C=O) groups is 1. The number of benzene rings is 2. The Balaban J connectivity index is 1.66. The molecule has 7 heteroatoms. The van der Waals surface area contributed by atoms with Crippen LogP contribution < -0.4 is 10.1 Å². The fourth-order valence-electron chi connectivity index (χ4n) is 2.74. The molecule has 0 aliphatic carbocycles. The quantitative estimate of drug-likeness (QED) is 0.351. The summed E-state index contributed by atoms with van der Waals surface area (Å²) in [5.41, 5.74) is 3.31. The van der Waals surface area contributed by atoms with Gasteiger partial charge in [-0.3, -0.25) is 0 Å². The summed E-state index contributed by atoms with van der Waals surface area (Å²) < 4.78 is 7.96. The van der Waals surface area contributed by atoms with Crippen LogP contribution >= 0.6 is 11.6 Å². The van der Waals surface area contributed by atoms with Crippen molar-refractivity contribution in [2.24, 2.45) is 0 Å². The zero-order valence-electron chi connectivity index (χ0n) is 16.3. The van der Waals surface area contributed by atoms with Crippen molar-refractivity contribution in [3.05, 3.63) is 59.2 Å². The maximum atomic E-state index is 10.5. The van der Waals surface area contributed by atoms with E-state index in [4.69, 9.17) is 21.4 Å². The van der Waals surface area contributed by atoms with Crippen molar-refractivity contribution in [2.75, 3.05) is 6.54 Å². The first-order chi connectivity index (χ1) is 13.9. The molecule has 152 valence electrons. The topological polar surface area (TPSA) is 71.5 Å². The maximum absolute atomic E-state index is 10.5. The van der Waals surface area contributed by atoms with Crippen molar-refractivity contribution in [3.63, 3.8) is 0 Å². The van der Waals surface area contributed by atoms with Crippen LogP contribution in [0.15, 0.2) is 48.7 Å². The van der Waals surface area contributed by atoms with Gasteiger partial charge in [0.15, 0.2) is 0 Å². The van der Waals surface area contributed by atoms with Gasteiger partial charge < -0.3 is 0 Å². The van der Waals surface area contributed by atoms with Crippen molar-refractivity contribution in [1.29, 1.82) is 0 Å². The zero-order valence-corrected chi connectivity index (χ0v) is 18.8. The van der Waals surface area contributed by atoms with Crippen molar-refractivity contribution in [2.45, 2.75) is 32.9 Å². The molecule has 2 N–H and O–H groups in total. The number of rotatable bonds is 9. The predicted molar refractivity (Wildman–Crippen MR) is 117 cm³/mol. The first-order valence-corrected chi connectivity index (χ1v) is 11.5. The number of carboxylic acid groups (broad SMARTS) is 1. The van der Waals surface area contributed by atoms with Gasteiger partial charge in [-0.05, 0) is 0 Å². The summed E-state index contributed by atoms with van der Waals surface area (Å²) in [6.45, 7) is 5.07. The van der Waals surface area contributed by atoms with Gasteiger partial charge in [-0.15, -0.1) is 0 Å². The fourth-order valence-corrected chi connectivity index (χ4v) is 4.89. The average Bonchev–Trinajstić information content (AvgIpc) is 3.17. The van der Waals surface area contributed by atoms with Crippen LogP contribution in [0.2, 0.25) is 5.02 Å². The second kappa shape index (κ2) is 10.1. The minimum absolute atomic E-state index is 0.0787. The van der Waals surface area contributed by atoms with Gasteiger partial charge in [0.25, 0.3) is 0 Å². The van der Waals surface area contributed by atoms with Crippen LogP contribution in [-0.4, -0.2) is 43.2 Å². The van der Waals surface area contributed by atoms with Gasteiger partial charge in [0, 0.05) is 0 Å². The van der Waals surface area contributed by atoms with E-state index in [2.05, 4.69) is 34.6 Å². The number of halogens is 1. The summed E-state index contributed by atoms with van der Waals surface area (Å²) in [5, 5.41) is 12.4. The number of hydrogen-bond donors (Lipinski definition) is 2. The van der Waals surface area contributed by atoms with E-state index in [1.165, 1.54) is 4.44 Å². The number of carboxylic acids is 1. The SMILES string of the molecule is CC(C)Oc1ccc(-c2ncc(-c3ccc(CNCCC(=O)O)cc3)[se]2)cc1Cl. The summed E-state index contributed by atoms with van der Waals surface area (Å²) >= 11 is 6.47. The third-order valence-corrected chi connectivity index (χ3v) is 6.72. The number of aliphatic carboxylic acids is 1. The molecule has 3 aromatic rings. The molecular formula is C22H23ClN2O3Se. The van der Waals surface area contributed by atoms with Crippen molar-refractivity contribution < 1.29 is 14.6 Å². The van der Waals surface area contributed by atoms with Crippen LogP contribution in [0.3, 0.4) is 0 Å². The molecule has 0 amide bonds. The van der Waals surface area contributed by atoms with Crippen LogP contribution in [0.5, 0.6) is 5.75 Å². The van der Waals surface area contributed by atoms with Crippen LogP contribution in [0.25, 0.3) is 20.1 Å².